The van der Waals surface area contributed by atoms with E-state index in [0.29, 0.717) is 5.78 Å². The van der Waals surface area contributed by atoms with Crippen LogP contribution in [-0.4, -0.2) is 10.4 Å². The van der Waals surface area contributed by atoms with Gasteiger partial charge < -0.3 is 4.57 Å². The minimum absolute atomic E-state index is 0.315. The molecule has 0 fully saturated rings. The fraction of sp³-hybridized carbons (Fsp3) is 0.353. The minimum atomic E-state index is 0.315. The third kappa shape index (κ3) is 2.48. The van der Waals surface area contributed by atoms with E-state index in [1.54, 1.807) is 0 Å². The lowest BCUT2D eigenvalue weighted by molar-refractivity contribution is 0.0972. The molecule has 2 nitrogen and oxygen atoms in total. The topological polar surface area (TPSA) is 22.0 Å². The molecule has 0 amide bonds. The summed E-state index contributed by atoms with van der Waals surface area (Å²) < 4.78 is 2.26. The number of nitrogens with zero attached hydrogens (tertiary/aromatic N) is 1. The summed E-state index contributed by atoms with van der Waals surface area (Å²) in [5, 5.41) is 0. The zero-order valence-electron chi connectivity index (χ0n) is 11.4. The minimum Gasteiger partial charge on any atom is -0.350 e. The van der Waals surface area contributed by atoms with Crippen LogP contribution < -0.4 is 0 Å². The monoisotopic (exact) mass is 253 g/mol. The highest BCUT2D eigenvalue weighted by molar-refractivity contribution is 5.98. The van der Waals surface area contributed by atoms with E-state index in [-0.39, 0.29) is 0 Å². The molecule has 3 rings (SSSR count). The van der Waals surface area contributed by atoms with E-state index in [9.17, 15) is 4.79 Å². The molecule has 0 saturated carbocycles. The molecule has 2 aromatic rings. The van der Waals surface area contributed by atoms with Crippen LogP contribution in [-0.2, 0) is 19.4 Å². The highest BCUT2D eigenvalue weighted by Gasteiger charge is 2.20. The summed E-state index contributed by atoms with van der Waals surface area (Å²) in [4.78, 5) is 11.8. The quantitative estimate of drug-likeness (QED) is 0.819. The number of hydrogen-bond donors (Lipinski definition) is 0. The summed E-state index contributed by atoms with van der Waals surface area (Å²) >= 11 is 0. The van der Waals surface area contributed by atoms with Crippen molar-refractivity contribution >= 4 is 5.78 Å². The molecule has 0 radical (unpaired) electrons. The van der Waals surface area contributed by atoms with E-state index in [0.717, 1.165) is 37.8 Å². The number of Topliss-reactive ketones (excluding diaryl/α,β-unsaturated/α-hetero) is 1. The van der Waals surface area contributed by atoms with Crippen molar-refractivity contribution in [2.45, 2.75) is 39.2 Å². The fourth-order valence-electron chi connectivity index (χ4n) is 2.92. The maximum Gasteiger partial charge on any atom is 0.164 e. The Kier molecular flexibility index (Phi) is 3.24. The van der Waals surface area contributed by atoms with Crippen molar-refractivity contribution in [3.8, 4) is 0 Å². The van der Waals surface area contributed by atoms with Crippen LogP contribution >= 0.6 is 0 Å². The van der Waals surface area contributed by atoms with Crippen LogP contribution in [0.15, 0.2) is 36.5 Å². The fourth-order valence-corrected chi connectivity index (χ4v) is 2.92. The smallest absolute Gasteiger partial charge is 0.164 e. The van der Waals surface area contributed by atoms with E-state index < -0.39 is 0 Å². The number of aromatic nitrogens is 1. The van der Waals surface area contributed by atoms with Gasteiger partial charge in [-0.25, -0.2) is 0 Å². The first-order valence-electron chi connectivity index (χ1n) is 7.01. The average molecular weight is 253 g/mol. The molecule has 19 heavy (non-hydrogen) atoms. The first-order chi connectivity index (χ1) is 9.24. The molecule has 0 unspecified atom stereocenters. The highest BCUT2D eigenvalue weighted by atomic mass is 16.1. The zero-order chi connectivity index (χ0) is 13.2. The maximum absolute atomic E-state index is 11.8. The summed E-state index contributed by atoms with van der Waals surface area (Å²) in [6.07, 6.45) is 5.86. The average Bonchev–Trinajstić information content (AvgIpc) is 2.81. The largest absolute Gasteiger partial charge is 0.350 e. The van der Waals surface area contributed by atoms with Crippen LogP contribution in [0.3, 0.4) is 0 Å². The van der Waals surface area contributed by atoms with E-state index in [1.807, 2.05) is 6.07 Å². The van der Waals surface area contributed by atoms with E-state index in [1.165, 1.54) is 16.8 Å². The number of carbonyl (C=O) groups is 1. The summed E-state index contributed by atoms with van der Waals surface area (Å²) in [6, 6.07) is 10.6. The van der Waals surface area contributed by atoms with E-state index in [2.05, 4.69) is 42.0 Å². The Labute approximate surface area is 114 Å². The van der Waals surface area contributed by atoms with Crippen molar-refractivity contribution in [1.82, 2.24) is 4.57 Å². The molecule has 0 aliphatic heterocycles. The van der Waals surface area contributed by atoms with Gasteiger partial charge in [0.25, 0.3) is 0 Å². The number of benzene rings is 1. The van der Waals surface area contributed by atoms with Crippen LogP contribution in [0.1, 0.15) is 40.0 Å². The van der Waals surface area contributed by atoms with Crippen LogP contribution in [0, 0.1) is 6.92 Å². The second-order valence-electron chi connectivity index (χ2n) is 5.39. The Morgan fingerprint density at radius 2 is 2.11 bits per heavy atom. The second kappa shape index (κ2) is 5.04. The van der Waals surface area contributed by atoms with Gasteiger partial charge in [-0.3, -0.25) is 4.79 Å². The molecule has 1 aliphatic rings. The van der Waals surface area contributed by atoms with Gasteiger partial charge in [-0.05, 0) is 37.8 Å². The zero-order valence-corrected chi connectivity index (χ0v) is 11.4. The van der Waals surface area contributed by atoms with Gasteiger partial charge in [-0.2, -0.15) is 0 Å². The second-order valence-corrected chi connectivity index (χ2v) is 5.39. The molecule has 0 N–H and O–H groups in total. The summed E-state index contributed by atoms with van der Waals surface area (Å²) in [5.74, 6) is 0.315. The molecule has 1 aliphatic carbocycles. The van der Waals surface area contributed by atoms with Crippen molar-refractivity contribution < 1.29 is 4.79 Å². The Hall–Kier alpha value is -1.83. The molecule has 0 spiro atoms. The van der Waals surface area contributed by atoms with Crippen LogP contribution in [0.5, 0.6) is 0 Å². The Morgan fingerprint density at radius 3 is 2.95 bits per heavy atom. The molecule has 0 atom stereocenters. The lowest BCUT2D eigenvalue weighted by atomic mass is 9.97. The molecule has 2 heteroatoms. The number of hydrogen-bond acceptors (Lipinski definition) is 1. The lowest BCUT2D eigenvalue weighted by Gasteiger charge is -2.15. The third-order valence-corrected chi connectivity index (χ3v) is 3.92. The summed E-state index contributed by atoms with van der Waals surface area (Å²) in [5.41, 5.74) is 4.87. The molecule has 98 valence electrons. The van der Waals surface area contributed by atoms with Crippen LogP contribution in [0.4, 0.5) is 0 Å². The lowest BCUT2D eigenvalue weighted by Crippen LogP contribution is -2.13. The molecule has 1 aromatic heterocycles. The Balaban J connectivity index is 1.76. The van der Waals surface area contributed by atoms with Gasteiger partial charge >= 0.3 is 0 Å². The molecule has 0 saturated heterocycles. The molecular formula is C17H19NO. The van der Waals surface area contributed by atoms with Gasteiger partial charge in [0, 0.05) is 30.4 Å². The first kappa shape index (κ1) is 12.2. The highest BCUT2D eigenvalue weighted by Crippen LogP contribution is 2.22. The maximum atomic E-state index is 11.8. The van der Waals surface area contributed by atoms with Crippen molar-refractivity contribution in [1.29, 1.82) is 0 Å². The van der Waals surface area contributed by atoms with Crippen molar-refractivity contribution in [3.63, 3.8) is 0 Å². The number of fused-ring (bicyclic) bond motifs is 1. The van der Waals surface area contributed by atoms with Crippen molar-refractivity contribution in [3.05, 3.63) is 58.9 Å². The van der Waals surface area contributed by atoms with Gasteiger partial charge in [0.15, 0.2) is 5.78 Å². The van der Waals surface area contributed by atoms with Crippen molar-refractivity contribution in [2.24, 2.45) is 0 Å². The molecule has 1 heterocycles. The van der Waals surface area contributed by atoms with Gasteiger partial charge in [-0.1, -0.05) is 29.8 Å². The van der Waals surface area contributed by atoms with Gasteiger partial charge in [0.05, 0.1) is 0 Å². The summed E-state index contributed by atoms with van der Waals surface area (Å²) in [6.45, 7) is 3.09. The van der Waals surface area contributed by atoms with E-state index in [4.69, 9.17) is 0 Å². The predicted octanol–water partition coefficient (Wildman–Crippen LogP) is 3.56. The van der Waals surface area contributed by atoms with Crippen LogP contribution in [0.25, 0.3) is 0 Å². The Morgan fingerprint density at radius 1 is 1.21 bits per heavy atom. The van der Waals surface area contributed by atoms with Crippen molar-refractivity contribution in [2.75, 3.05) is 0 Å². The number of aryl methyl sites for hydroxylation is 3. The molecule has 0 bridgehead atoms. The molecule has 1 aromatic carbocycles. The number of rotatable bonds is 3. The standard InChI is InChI=1S/C17H19NO/c1-13-4-2-5-14(12-13)8-10-18-11-9-15-16(18)6-3-7-17(15)19/h2,4-5,9,11-12H,3,6-8,10H2,1H3. The Bertz CT molecular complexity index is 609. The summed E-state index contributed by atoms with van der Waals surface area (Å²) in [7, 11) is 0. The van der Waals surface area contributed by atoms with Gasteiger partial charge in [0.2, 0.25) is 0 Å². The number of ketones is 1. The third-order valence-electron chi connectivity index (χ3n) is 3.92. The van der Waals surface area contributed by atoms with E-state index >= 15 is 0 Å². The number of carbonyl (C=O) groups excluding carboxylic acids is 1. The van der Waals surface area contributed by atoms with Gasteiger partial charge in [-0.15, -0.1) is 0 Å². The molecular weight excluding hydrogens is 234 g/mol. The van der Waals surface area contributed by atoms with Gasteiger partial charge in [0.1, 0.15) is 0 Å². The van der Waals surface area contributed by atoms with Crippen LogP contribution in [0.2, 0.25) is 0 Å². The first-order valence-corrected chi connectivity index (χ1v) is 7.01. The SMILES string of the molecule is Cc1cccc(CCn2ccc3c2CCCC3=O)c1. The normalized spacial score (nSPS) is 14.5. The predicted molar refractivity (Wildman–Crippen MR) is 76.6 cm³/mol.